The van der Waals surface area contributed by atoms with E-state index in [1.54, 1.807) is 11.8 Å². The maximum Gasteiger partial charge on any atom is 0.408 e. The predicted molar refractivity (Wildman–Crippen MR) is 72.7 cm³/mol. The van der Waals surface area contributed by atoms with Gasteiger partial charge >= 0.3 is 6.18 Å². The molecule has 0 fully saturated rings. The zero-order valence-electron chi connectivity index (χ0n) is 12.1. The number of halogens is 3. The minimum Gasteiger partial charge on any atom is -0.465 e. The van der Waals surface area contributed by atoms with Crippen LogP contribution in [-0.4, -0.2) is 19.2 Å². The molecule has 0 bridgehead atoms. The van der Waals surface area contributed by atoms with Gasteiger partial charge in [0.15, 0.2) is 0 Å². The van der Waals surface area contributed by atoms with Crippen molar-refractivity contribution in [2.24, 2.45) is 7.05 Å². The summed E-state index contributed by atoms with van der Waals surface area (Å²) in [6.45, 7) is 2.90. The minimum atomic E-state index is -4.76. The van der Waals surface area contributed by atoms with Gasteiger partial charge in [0.25, 0.3) is 0 Å². The van der Waals surface area contributed by atoms with Gasteiger partial charge in [0.1, 0.15) is 22.5 Å². The van der Waals surface area contributed by atoms with E-state index in [4.69, 9.17) is 4.42 Å². The van der Waals surface area contributed by atoms with Gasteiger partial charge in [-0.2, -0.15) is 17.9 Å². The standard InChI is InChI=1S/C13H15F3N2O3S/c1-8-6-11(9(2)21-8)22(19,20)17-12(13(14,15)16)10-4-5-18(3)7-10/h4-7,12,17H,1-3H3. The molecule has 0 radical (unpaired) electrons. The third-order valence-electron chi connectivity index (χ3n) is 3.07. The third kappa shape index (κ3) is 3.36. The van der Waals surface area contributed by atoms with Gasteiger partial charge in [0, 0.05) is 19.4 Å². The highest BCUT2D eigenvalue weighted by Crippen LogP contribution is 2.34. The molecule has 0 aliphatic heterocycles. The van der Waals surface area contributed by atoms with Crippen LogP contribution in [0, 0.1) is 13.8 Å². The molecule has 0 aromatic carbocycles. The number of sulfonamides is 1. The monoisotopic (exact) mass is 336 g/mol. The molecule has 122 valence electrons. The van der Waals surface area contributed by atoms with Crippen molar-refractivity contribution in [2.75, 3.05) is 0 Å². The van der Waals surface area contributed by atoms with E-state index in [2.05, 4.69) is 0 Å². The number of aryl methyl sites for hydroxylation is 3. The molecular formula is C13H15F3N2O3S. The largest absolute Gasteiger partial charge is 0.465 e. The number of rotatable bonds is 4. The Kier molecular flexibility index (Phi) is 4.14. The normalized spacial score (nSPS) is 14.3. The van der Waals surface area contributed by atoms with Crippen molar-refractivity contribution < 1.29 is 26.0 Å². The van der Waals surface area contributed by atoms with Crippen molar-refractivity contribution in [2.45, 2.75) is 31.0 Å². The van der Waals surface area contributed by atoms with Crippen molar-refractivity contribution >= 4 is 10.0 Å². The quantitative estimate of drug-likeness (QED) is 0.934. The summed E-state index contributed by atoms with van der Waals surface area (Å²) >= 11 is 0. The Morgan fingerprint density at radius 2 is 1.95 bits per heavy atom. The minimum absolute atomic E-state index is 0.0407. The smallest absolute Gasteiger partial charge is 0.408 e. The summed E-state index contributed by atoms with van der Waals surface area (Å²) in [5.41, 5.74) is -0.184. The van der Waals surface area contributed by atoms with Crippen LogP contribution < -0.4 is 4.72 Å². The number of nitrogens with one attached hydrogen (secondary N) is 1. The topological polar surface area (TPSA) is 64.2 Å². The van der Waals surface area contributed by atoms with Crippen molar-refractivity contribution in [3.05, 3.63) is 41.6 Å². The predicted octanol–water partition coefficient (Wildman–Crippen LogP) is 2.82. The third-order valence-corrected chi connectivity index (χ3v) is 4.60. The molecule has 0 aliphatic rings. The van der Waals surface area contributed by atoms with Crippen LogP contribution in [0.4, 0.5) is 13.2 Å². The van der Waals surface area contributed by atoms with E-state index < -0.39 is 22.2 Å². The second-order valence-electron chi connectivity index (χ2n) is 4.98. The first-order chi connectivity index (χ1) is 10.0. The van der Waals surface area contributed by atoms with Crippen LogP contribution in [0.3, 0.4) is 0 Å². The summed E-state index contributed by atoms with van der Waals surface area (Å²) in [5, 5.41) is 0. The summed E-state index contributed by atoms with van der Waals surface area (Å²) in [7, 11) is -2.81. The molecule has 2 heterocycles. The van der Waals surface area contributed by atoms with Crippen molar-refractivity contribution in [3.8, 4) is 0 Å². The lowest BCUT2D eigenvalue weighted by atomic mass is 10.1. The summed E-state index contributed by atoms with van der Waals surface area (Å²) in [6.07, 6.45) is -2.13. The summed E-state index contributed by atoms with van der Waals surface area (Å²) in [6, 6.07) is 0.0813. The molecule has 0 spiro atoms. The lowest BCUT2D eigenvalue weighted by Gasteiger charge is -2.20. The van der Waals surface area contributed by atoms with E-state index in [0.29, 0.717) is 5.76 Å². The molecule has 5 nitrogen and oxygen atoms in total. The first-order valence-electron chi connectivity index (χ1n) is 6.28. The van der Waals surface area contributed by atoms with Crippen LogP contribution in [0.15, 0.2) is 33.8 Å². The molecule has 2 aromatic rings. The van der Waals surface area contributed by atoms with Gasteiger partial charge in [-0.05, 0) is 31.5 Å². The number of alkyl halides is 3. The van der Waals surface area contributed by atoms with Crippen LogP contribution in [0.2, 0.25) is 0 Å². The molecule has 1 unspecified atom stereocenters. The molecule has 22 heavy (non-hydrogen) atoms. The zero-order chi connectivity index (χ0) is 16.7. The van der Waals surface area contributed by atoms with Gasteiger partial charge in [-0.15, -0.1) is 0 Å². The van der Waals surface area contributed by atoms with E-state index >= 15 is 0 Å². The number of nitrogens with zero attached hydrogens (tertiary/aromatic N) is 1. The molecule has 0 saturated carbocycles. The molecule has 0 saturated heterocycles. The summed E-state index contributed by atoms with van der Waals surface area (Å²) in [5.74, 6) is 0.347. The van der Waals surface area contributed by atoms with Gasteiger partial charge in [-0.25, -0.2) is 8.42 Å². The van der Waals surface area contributed by atoms with Crippen molar-refractivity contribution in [1.82, 2.24) is 9.29 Å². The highest BCUT2D eigenvalue weighted by atomic mass is 32.2. The summed E-state index contributed by atoms with van der Waals surface area (Å²) < 4.78 is 72.3. The Morgan fingerprint density at radius 3 is 2.36 bits per heavy atom. The number of hydrogen-bond donors (Lipinski definition) is 1. The van der Waals surface area contributed by atoms with E-state index in [-0.39, 0.29) is 16.2 Å². The van der Waals surface area contributed by atoms with Gasteiger partial charge in [0.05, 0.1) is 0 Å². The van der Waals surface area contributed by atoms with Crippen LogP contribution >= 0.6 is 0 Å². The lowest BCUT2D eigenvalue weighted by molar-refractivity contribution is -0.153. The Morgan fingerprint density at radius 1 is 1.32 bits per heavy atom. The Bertz CT molecular complexity index is 775. The fourth-order valence-corrected chi connectivity index (χ4v) is 3.56. The van der Waals surface area contributed by atoms with Crippen LogP contribution in [-0.2, 0) is 17.1 Å². The van der Waals surface area contributed by atoms with Gasteiger partial charge in [-0.1, -0.05) is 0 Å². The van der Waals surface area contributed by atoms with Gasteiger partial charge in [-0.3, -0.25) is 0 Å². The Balaban J connectivity index is 2.41. The average Bonchev–Trinajstić information content (AvgIpc) is 2.91. The first kappa shape index (κ1) is 16.6. The van der Waals surface area contributed by atoms with Crippen molar-refractivity contribution in [3.63, 3.8) is 0 Å². The molecule has 1 atom stereocenters. The molecule has 9 heteroatoms. The fourth-order valence-electron chi connectivity index (χ4n) is 2.11. The van der Waals surface area contributed by atoms with E-state index in [9.17, 15) is 21.6 Å². The second kappa shape index (κ2) is 5.47. The molecule has 0 aliphatic carbocycles. The van der Waals surface area contributed by atoms with Crippen LogP contribution in [0.25, 0.3) is 0 Å². The number of furan rings is 1. The molecule has 0 amide bonds. The second-order valence-corrected chi connectivity index (χ2v) is 6.67. The molecule has 1 N–H and O–H groups in total. The lowest BCUT2D eigenvalue weighted by Crippen LogP contribution is -2.38. The zero-order valence-corrected chi connectivity index (χ0v) is 12.9. The van der Waals surface area contributed by atoms with Crippen LogP contribution in [0.1, 0.15) is 23.1 Å². The fraction of sp³-hybridized carbons (Fsp3) is 0.385. The van der Waals surface area contributed by atoms with E-state index in [0.717, 1.165) is 0 Å². The Hall–Kier alpha value is -1.74. The molecule has 2 rings (SSSR count). The van der Waals surface area contributed by atoms with Crippen LogP contribution in [0.5, 0.6) is 0 Å². The maximum absolute atomic E-state index is 13.2. The van der Waals surface area contributed by atoms with Gasteiger partial charge in [0.2, 0.25) is 10.0 Å². The maximum atomic E-state index is 13.2. The highest BCUT2D eigenvalue weighted by molar-refractivity contribution is 7.89. The Labute approximate surface area is 125 Å². The van der Waals surface area contributed by atoms with Gasteiger partial charge < -0.3 is 8.98 Å². The van der Waals surface area contributed by atoms with E-state index in [1.807, 2.05) is 0 Å². The highest BCUT2D eigenvalue weighted by Gasteiger charge is 2.44. The SMILES string of the molecule is Cc1cc(S(=O)(=O)NC(c2ccn(C)c2)C(F)(F)F)c(C)o1. The molecular weight excluding hydrogens is 321 g/mol. The van der Waals surface area contributed by atoms with E-state index in [1.165, 1.54) is 42.9 Å². The average molecular weight is 336 g/mol. The number of aromatic nitrogens is 1. The van der Waals surface area contributed by atoms with Crippen molar-refractivity contribution in [1.29, 1.82) is 0 Å². The number of hydrogen-bond acceptors (Lipinski definition) is 3. The molecule has 2 aromatic heterocycles. The summed E-state index contributed by atoms with van der Waals surface area (Å²) in [4.78, 5) is -0.296. The first-order valence-corrected chi connectivity index (χ1v) is 7.77.